The number of para-hydroxylation sites is 1. The number of benzene rings is 2. The molecule has 0 unspecified atom stereocenters. The van der Waals surface area contributed by atoms with Gasteiger partial charge in [0.2, 0.25) is 6.79 Å². The van der Waals surface area contributed by atoms with Crippen LogP contribution in [-0.4, -0.2) is 71.5 Å². The summed E-state index contributed by atoms with van der Waals surface area (Å²) in [5.41, 5.74) is 3.08. The molecule has 0 atom stereocenters. The fraction of sp³-hybridized carbons (Fsp3) is 0.357. The SMILES string of the molecule is COCCn1cc(C(=O)N2CCN(Cc3ccc4c(c3)OCO4)CC2)c2c3ccccc3n(C)c2c1=O. The van der Waals surface area contributed by atoms with Crippen molar-refractivity contribution in [2.24, 2.45) is 7.05 Å². The Morgan fingerprint density at radius 2 is 1.81 bits per heavy atom. The molecule has 1 saturated heterocycles. The molecule has 0 saturated carbocycles. The number of amides is 1. The van der Waals surface area contributed by atoms with Crippen LogP contribution in [0.25, 0.3) is 21.8 Å². The van der Waals surface area contributed by atoms with Crippen LogP contribution >= 0.6 is 0 Å². The van der Waals surface area contributed by atoms with E-state index in [9.17, 15) is 9.59 Å². The molecule has 0 N–H and O–H groups in total. The minimum absolute atomic E-state index is 0.0461. The maximum absolute atomic E-state index is 13.9. The molecular formula is C28H30N4O5. The van der Waals surface area contributed by atoms with Crippen LogP contribution in [0, 0.1) is 0 Å². The van der Waals surface area contributed by atoms with E-state index in [1.54, 1.807) is 17.9 Å². The first kappa shape index (κ1) is 23.6. The average Bonchev–Trinajstić information content (AvgIpc) is 3.51. The Balaban J connectivity index is 1.28. The lowest BCUT2D eigenvalue weighted by molar-refractivity contribution is 0.0629. The molecule has 2 aliphatic rings. The molecule has 2 aromatic heterocycles. The van der Waals surface area contributed by atoms with E-state index < -0.39 is 0 Å². The summed E-state index contributed by atoms with van der Waals surface area (Å²) in [4.78, 5) is 31.6. The van der Waals surface area contributed by atoms with Crippen molar-refractivity contribution in [1.82, 2.24) is 18.9 Å². The zero-order chi connectivity index (χ0) is 25.5. The summed E-state index contributed by atoms with van der Waals surface area (Å²) in [5.74, 6) is 1.52. The van der Waals surface area contributed by atoms with E-state index in [1.807, 2.05) is 52.9 Å². The fourth-order valence-electron chi connectivity index (χ4n) is 5.43. The lowest BCUT2D eigenvalue weighted by Gasteiger charge is -2.35. The van der Waals surface area contributed by atoms with Crippen molar-refractivity contribution in [1.29, 1.82) is 0 Å². The summed E-state index contributed by atoms with van der Waals surface area (Å²) in [6.07, 6.45) is 1.72. The van der Waals surface area contributed by atoms with Gasteiger partial charge in [-0.05, 0) is 23.8 Å². The topological polar surface area (TPSA) is 78.2 Å². The molecule has 37 heavy (non-hydrogen) atoms. The number of aromatic nitrogens is 2. The van der Waals surface area contributed by atoms with Gasteiger partial charge in [0.1, 0.15) is 5.52 Å². The van der Waals surface area contributed by atoms with Crippen molar-refractivity contribution in [2.75, 3.05) is 46.7 Å². The van der Waals surface area contributed by atoms with Gasteiger partial charge in [-0.25, -0.2) is 0 Å². The lowest BCUT2D eigenvalue weighted by atomic mass is 10.1. The second-order valence-corrected chi connectivity index (χ2v) is 9.59. The van der Waals surface area contributed by atoms with E-state index in [1.165, 1.54) is 0 Å². The predicted molar refractivity (Wildman–Crippen MR) is 140 cm³/mol. The molecular weight excluding hydrogens is 472 g/mol. The number of methoxy groups -OCH3 is 1. The fourth-order valence-corrected chi connectivity index (χ4v) is 5.43. The third-order valence-electron chi connectivity index (χ3n) is 7.39. The van der Waals surface area contributed by atoms with Crippen molar-refractivity contribution >= 4 is 27.7 Å². The van der Waals surface area contributed by atoms with Gasteiger partial charge in [0.05, 0.1) is 12.2 Å². The number of nitrogens with zero attached hydrogens (tertiary/aromatic N) is 4. The molecule has 2 aliphatic heterocycles. The number of hydrogen-bond donors (Lipinski definition) is 0. The number of carbonyl (C=O) groups is 1. The highest BCUT2D eigenvalue weighted by molar-refractivity contribution is 6.17. The maximum atomic E-state index is 13.9. The largest absolute Gasteiger partial charge is 0.454 e. The summed E-state index contributed by atoms with van der Waals surface area (Å²) in [5, 5.41) is 1.64. The summed E-state index contributed by atoms with van der Waals surface area (Å²) in [6, 6.07) is 13.9. The van der Waals surface area contributed by atoms with E-state index in [0.717, 1.165) is 53.0 Å². The molecule has 0 bridgehead atoms. The molecule has 2 aromatic carbocycles. The van der Waals surface area contributed by atoms with E-state index in [4.69, 9.17) is 14.2 Å². The van der Waals surface area contributed by atoms with Gasteiger partial charge in [0.25, 0.3) is 11.5 Å². The quantitative estimate of drug-likeness (QED) is 0.404. The van der Waals surface area contributed by atoms with E-state index in [0.29, 0.717) is 37.3 Å². The van der Waals surface area contributed by atoms with Crippen molar-refractivity contribution in [2.45, 2.75) is 13.1 Å². The van der Waals surface area contributed by atoms with Crippen LogP contribution in [0.1, 0.15) is 15.9 Å². The van der Waals surface area contributed by atoms with Gasteiger partial charge in [-0.1, -0.05) is 24.3 Å². The number of pyridine rings is 1. The van der Waals surface area contributed by atoms with Crippen molar-refractivity contribution in [3.05, 3.63) is 70.1 Å². The normalized spacial score (nSPS) is 15.7. The first-order valence-electron chi connectivity index (χ1n) is 12.5. The van der Waals surface area contributed by atoms with Crippen LogP contribution in [-0.2, 0) is 24.9 Å². The second-order valence-electron chi connectivity index (χ2n) is 9.59. The van der Waals surface area contributed by atoms with Gasteiger partial charge in [-0.2, -0.15) is 0 Å². The minimum atomic E-state index is -0.115. The van der Waals surface area contributed by atoms with Crippen molar-refractivity contribution < 1.29 is 19.0 Å². The van der Waals surface area contributed by atoms with Crippen LogP contribution in [0.5, 0.6) is 11.5 Å². The number of fused-ring (bicyclic) bond motifs is 4. The van der Waals surface area contributed by atoms with Crippen molar-refractivity contribution in [3.8, 4) is 11.5 Å². The number of carbonyl (C=O) groups excluding carboxylic acids is 1. The summed E-state index contributed by atoms with van der Waals surface area (Å²) in [7, 11) is 3.49. The Bertz CT molecular complexity index is 1550. The average molecular weight is 503 g/mol. The molecule has 1 amide bonds. The van der Waals surface area contributed by atoms with Crippen LogP contribution in [0.4, 0.5) is 0 Å². The smallest absolute Gasteiger partial charge is 0.275 e. The number of hydrogen-bond acceptors (Lipinski definition) is 6. The van der Waals surface area contributed by atoms with Gasteiger partial charge >= 0.3 is 0 Å². The molecule has 6 rings (SSSR count). The summed E-state index contributed by atoms with van der Waals surface area (Å²) in [6.45, 7) is 4.60. The zero-order valence-electron chi connectivity index (χ0n) is 21.1. The molecule has 9 nitrogen and oxygen atoms in total. The molecule has 4 aromatic rings. The second kappa shape index (κ2) is 9.57. The highest BCUT2D eigenvalue weighted by atomic mass is 16.7. The summed E-state index contributed by atoms with van der Waals surface area (Å²) < 4.78 is 19.6. The maximum Gasteiger partial charge on any atom is 0.275 e. The monoisotopic (exact) mass is 502 g/mol. The van der Waals surface area contributed by atoms with E-state index in [-0.39, 0.29) is 18.3 Å². The van der Waals surface area contributed by atoms with Crippen LogP contribution in [0.3, 0.4) is 0 Å². The number of ether oxygens (including phenoxy) is 3. The lowest BCUT2D eigenvalue weighted by Crippen LogP contribution is -2.48. The molecule has 1 fully saturated rings. The number of rotatable bonds is 6. The minimum Gasteiger partial charge on any atom is -0.454 e. The molecule has 192 valence electrons. The Morgan fingerprint density at radius 3 is 2.62 bits per heavy atom. The zero-order valence-corrected chi connectivity index (χ0v) is 21.1. The predicted octanol–water partition coefficient (Wildman–Crippen LogP) is 2.83. The molecule has 0 radical (unpaired) electrons. The van der Waals surface area contributed by atoms with Gasteiger partial charge in [0, 0.05) is 75.9 Å². The van der Waals surface area contributed by atoms with Crippen LogP contribution in [0.2, 0.25) is 0 Å². The van der Waals surface area contributed by atoms with Crippen LogP contribution < -0.4 is 15.0 Å². The highest BCUT2D eigenvalue weighted by Gasteiger charge is 2.27. The number of piperazine rings is 1. The Hall–Kier alpha value is -3.82. The van der Waals surface area contributed by atoms with Gasteiger partial charge in [-0.3, -0.25) is 14.5 Å². The van der Waals surface area contributed by atoms with Crippen LogP contribution in [0.15, 0.2) is 53.5 Å². The molecule has 0 spiro atoms. The highest BCUT2D eigenvalue weighted by Crippen LogP contribution is 2.33. The van der Waals surface area contributed by atoms with E-state index in [2.05, 4.69) is 11.0 Å². The Morgan fingerprint density at radius 1 is 1.03 bits per heavy atom. The van der Waals surface area contributed by atoms with Gasteiger partial charge in [0.15, 0.2) is 11.5 Å². The first-order valence-corrected chi connectivity index (χ1v) is 12.5. The third kappa shape index (κ3) is 4.14. The molecule has 9 heteroatoms. The molecule has 4 heterocycles. The number of aryl methyl sites for hydroxylation is 1. The standard InChI is InChI=1S/C28H30N4O5/c1-29-22-6-4-3-5-20(22)25-21(17-32(13-14-35-2)28(34)26(25)29)27(33)31-11-9-30(10-12-31)16-19-7-8-23-24(15-19)37-18-36-23/h3-8,15,17H,9-14,16,18H2,1-2H3. The van der Waals surface area contributed by atoms with Crippen molar-refractivity contribution in [3.63, 3.8) is 0 Å². The van der Waals surface area contributed by atoms with Gasteiger partial charge in [-0.15, -0.1) is 0 Å². The third-order valence-corrected chi connectivity index (χ3v) is 7.39. The van der Waals surface area contributed by atoms with Gasteiger partial charge < -0.3 is 28.2 Å². The molecule has 0 aliphatic carbocycles. The Labute approximate surface area is 214 Å². The van der Waals surface area contributed by atoms with E-state index >= 15 is 0 Å². The first-order chi connectivity index (χ1) is 18.0. The summed E-state index contributed by atoms with van der Waals surface area (Å²) >= 11 is 0. The Kier molecular flexibility index (Phi) is 6.10.